The van der Waals surface area contributed by atoms with Crippen LogP contribution in [0.3, 0.4) is 0 Å². The number of anilines is 1. The average Bonchev–Trinajstić information content (AvgIpc) is 2.38. The Morgan fingerprint density at radius 3 is 3.00 bits per heavy atom. The topological polar surface area (TPSA) is 55.1 Å². The fourth-order valence-electron chi connectivity index (χ4n) is 2.75. The molecule has 2 atom stereocenters. The normalized spacial score (nSPS) is 27.0. The standard InChI is InChI=1S/C15H22N2OS/c1-11-5-4-8-15(16,10-11)14(18)17-12-6-3-7-13(9-12)19-2/h3,6-7,9,11H,4-5,8,10,16H2,1-2H3,(H,17,18). The van der Waals surface area contributed by atoms with Crippen LogP contribution in [0, 0.1) is 5.92 Å². The minimum Gasteiger partial charge on any atom is -0.324 e. The van der Waals surface area contributed by atoms with Crippen LogP contribution in [0.15, 0.2) is 29.2 Å². The Hall–Kier alpha value is -1.00. The van der Waals surface area contributed by atoms with E-state index in [4.69, 9.17) is 5.73 Å². The first kappa shape index (κ1) is 14.4. The van der Waals surface area contributed by atoms with Crippen LogP contribution in [0.2, 0.25) is 0 Å². The van der Waals surface area contributed by atoms with E-state index >= 15 is 0 Å². The second-order valence-electron chi connectivity index (χ2n) is 5.54. The lowest BCUT2D eigenvalue weighted by Crippen LogP contribution is -2.53. The smallest absolute Gasteiger partial charge is 0.244 e. The summed E-state index contributed by atoms with van der Waals surface area (Å²) in [5.41, 5.74) is 6.43. The summed E-state index contributed by atoms with van der Waals surface area (Å²) in [5, 5.41) is 2.97. The molecule has 0 spiro atoms. The summed E-state index contributed by atoms with van der Waals surface area (Å²) < 4.78 is 0. The molecule has 3 nitrogen and oxygen atoms in total. The third kappa shape index (κ3) is 3.51. The summed E-state index contributed by atoms with van der Waals surface area (Å²) in [6, 6.07) is 7.88. The zero-order chi connectivity index (χ0) is 13.9. The first-order valence-corrected chi connectivity index (χ1v) is 8.00. The van der Waals surface area contributed by atoms with E-state index in [1.165, 1.54) is 6.42 Å². The lowest BCUT2D eigenvalue weighted by Gasteiger charge is -2.35. The predicted octanol–water partition coefficient (Wildman–Crippen LogP) is 3.25. The maximum absolute atomic E-state index is 12.4. The zero-order valence-corrected chi connectivity index (χ0v) is 12.4. The van der Waals surface area contributed by atoms with Crippen LogP contribution in [0.4, 0.5) is 5.69 Å². The van der Waals surface area contributed by atoms with Crippen LogP contribution >= 0.6 is 11.8 Å². The summed E-state index contributed by atoms with van der Waals surface area (Å²) in [4.78, 5) is 13.5. The maximum atomic E-state index is 12.4. The molecular formula is C15H22N2OS. The van der Waals surface area contributed by atoms with Gasteiger partial charge < -0.3 is 11.1 Å². The molecule has 19 heavy (non-hydrogen) atoms. The van der Waals surface area contributed by atoms with E-state index < -0.39 is 5.54 Å². The molecule has 1 fully saturated rings. The highest BCUT2D eigenvalue weighted by molar-refractivity contribution is 7.98. The van der Waals surface area contributed by atoms with Gasteiger partial charge in [-0.3, -0.25) is 4.79 Å². The van der Waals surface area contributed by atoms with Crippen molar-refractivity contribution >= 4 is 23.4 Å². The van der Waals surface area contributed by atoms with Crippen molar-refractivity contribution in [3.8, 4) is 0 Å². The number of thioether (sulfide) groups is 1. The number of benzene rings is 1. The number of hydrogen-bond acceptors (Lipinski definition) is 3. The molecule has 0 radical (unpaired) electrons. The average molecular weight is 278 g/mol. The minimum atomic E-state index is -0.701. The van der Waals surface area contributed by atoms with Gasteiger partial charge >= 0.3 is 0 Å². The van der Waals surface area contributed by atoms with E-state index in [-0.39, 0.29) is 5.91 Å². The zero-order valence-electron chi connectivity index (χ0n) is 11.6. The molecule has 1 aromatic carbocycles. The first-order valence-electron chi connectivity index (χ1n) is 6.78. The van der Waals surface area contributed by atoms with Gasteiger partial charge in [-0.25, -0.2) is 0 Å². The largest absolute Gasteiger partial charge is 0.324 e. The number of nitrogens with one attached hydrogen (secondary N) is 1. The van der Waals surface area contributed by atoms with Gasteiger partial charge in [0.05, 0.1) is 5.54 Å². The molecule has 0 aromatic heterocycles. The van der Waals surface area contributed by atoms with E-state index in [0.29, 0.717) is 5.92 Å². The quantitative estimate of drug-likeness (QED) is 0.834. The van der Waals surface area contributed by atoms with Crippen molar-refractivity contribution in [1.29, 1.82) is 0 Å². The number of carbonyl (C=O) groups excluding carboxylic acids is 1. The maximum Gasteiger partial charge on any atom is 0.244 e. The minimum absolute atomic E-state index is 0.0442. The number of hydrogen-bond donors (Lipinski definition) is 2. The van der Waals surface area contributed by atoms with Crippen LogP contribution in [0.1, 0.15) is 32.6 Å². The van der Waals surface area contributed by atoms with E-state index in [9.17, 15) is 4.79 Å². The van der Waals surface area contributed by atoms with Gasteiger partial charge in [0.15, 0.2) is 0 Å². The Morgan fingerprint density at radius 2 is 2.32 bits per heavy atom. The molecule has 0 heterocycles. The first-order chi connectivity index (χ1) is 9.03. The van der Waals surface area contributed by atoms with Gasteiger partial charge in [-0.05, 0) is 43.2 Å². The molecule has 0 bridgehead atoms. The summed E-state index contributed by atoms with van der Waals surface area (Å²) in [6.07, 6.45) is 5.80. The lowest BCUT2D eigenvalue weighted by atomic mass is 9.76. The highest BCUT2D eigenvalue weighted by atomic mass is 32.2. The predicted molar refractivity (Wildman–Crippen MR) is 81.4 cm³/mol. The lowest BCUT2D eigenvalue weighted by molar-refractivity contribution is -0.122. The Bertz CT molecular complexity index is 463. The third-order valence-corrected chi connectivity index (χ3v) is 4.54. The third-order valence-electron chi connectivity index (χ3n) is 3.81. The van der Waals surface area contributed by atoms with Gasteiger partial charge in [-0.2, -0.15) is 0 Å². The van der Waals surface area contributed by atoms with E-state index in [0.717, 1.165) is 29.8 Å². The second-order valence-corrected chi connectivity index (χ2v) is 6.42. The van der Waals surface area contributed by atoms with Gasteiger partial charge in [0.25, 0.3) is 0 Å². The summed E-state index contributed by atoms with van der Waals surface area (Å²) in [5.74, 6) is 0.485. The van der Waals surface area contributed by atoms with Gasteiger partial charge in [-0.1, -0.05) is 25.8 Å². The molecule has 4 heteroatoms. The number of amides is 1. The van der Waals surface area contributed by atoms with Crippen molar-refractivity contribution in [2.24, 2.45) is 11.7 Å². The molecule has 0 saturated heterocycles. The molecule has 3 N–H and O–H groups in total. The molecule has 1 aliphatic rings. The molecule has 2 unspecified atom stereocenters. The number of carbonyl (C=O) groups is 1. The van der Waals surface area contributed by atoms with Crippen molar-refractivity contribution in [1.82, 2.24) is 0 Å². The van der Waals surface area contributed by atoms with Crippen molar-refractivity contribution in [2.75, 3.05) is 11.6 Å². The molecule has 1 saturated carbocycles. The Balaban J connectivity index is 2.07. The van der Waals surface area contributed by atoms with Gasteiger partial charge in [0.1, 0.15) is 0 Å². The van der Waals surface area contributed by atoms with Crippen molar-refractivity contribution in [3.63, 3.8) is 0 Å². The highest BCUT2D eigenvalue weighted by Crippen LogP contribution is 2.31. The van der Waals surface area contributed by atoms with Crippen molar-refractivity contribution in [3.05, 3.63) is 24.3 Å². The molecule has 1 aliphatic carbocycles. The van der Waals surface area contributed by atoms with Crippen LogP contribution in [0.25, 0.3) is 0 Å². The van der Waals surface area contributed by atoms with Crippen molar-refractivity contribution in [2.45, 2.75) is 43.0 Å². The summed E-state index contributed by atoms with van der Waals surface area (Å²) in [7, 11) is 0. The molecule has 1 aromatic rings. The Morgan fingerprint density at radius 1 is 1.53 bits per heavy atom. The number of rotatable bonds is 3. The second kappa shape index (κ2) is 5.97. The van der Waals surface area contributed by atoms with Crippen LogP contribution in [0.5, 0.6) is 0 Å². The summed E-state index contributed by atoms with van der Waals surface area (Å²) in [6.45, 7) is 2.17. The van der Waals surface area contributed by atoms with Gasteiger partial charge in [0.2, 0.25) is 5.91 Å². The fourth-order valence-corrected chi connectivity index (χ4v) is 3.21. The number of nitrogens with two attached hydrogens (primary N) is 1. The fraction of sp³-hybridized carbons (Fsp3) is 0.533. The van der Waals surface area contributed by atoms with Crippen LogP contribution in [-0.4, -0.2) is 17.7 Å². The van der Waals surface area contributed by atoms with Crippen LogP contribution in [-0.2, 0) is 4.79 Å². The SMILES string of the molecule is CSc1cccc(NC(=O)C2(N)CCCC(C)C2)c1. The Labute approximate surface area is 119 Å². The van der Waals surface area contributed by atoms with Crippen LogP contribution < -0.4 is 11.1 Å². The molecule has 104 valence electrons. The molecule has 2 rings (SSSR count). The van der Waals surface area contributed by atoms with E-state index in [1.54, 1.807) is 11.8 Å². The van der Waals surface area contributed by atoms with E-state index in [1.807, 2.05) is 30.5 Å². The van der Waals surface area contributed by atoms with Crippen molar-refractivity contribution < 1.29 is 4.79 Å². The van der Waals surface area contributed by atoms with Gasteiger partial charge in [0, 0.05) is 10.6 Å². The Kier molecular flexibility index (Phi) is 4.53. The molecular weight excluding hydrogens is 256 g/mol. The monoisotopic (exact) mass is 278 g/mol. The molecule has 0 aliphatic heterocycles. The van der Waals surface area contributed by atoms with E-state index in [2.05, 4.69) is 12.2 Å². The van der Waals surface area contributed by atoms with Gasteiger partial charge in [-0.15, -0.1) is 11.8 Å². The summed E-state index contributed by atoms with van der Waals surface area (Å²) >= 11 is 1.66. The highest BCUT2D eigenvalue weighted by Gasteiger charge is 2.37. The molecule has 1 amide bonds.